The first-order chi connectivity index (χ1) is 13.6. The van der Waals surface area contributed by atoms with Crippen molar-refractivity contribution < 1.29 is 18.7 Å². The van der Waals surface area contributed by atoms with Crippen LogP contribution in [0.2, 0.25) is 0 Å². The number of carbonyl (C=O) groups is 1. The molecule has 6 heteroatoms. The van der Waals surface area contributed by atoms with E-state index in [1.807, 2.05) is 43.3 Å². The molecule has 4 aromatic rings. The number of methoxy groups -OCH3 is 1. The Balaban J connectivity index is 1.59. The van der Waals surface area contributed by atoms with Gasteiger partial charge in [-0.25, -0.2) is 9.59 Å². The highest BCUT2D eigenvalue weighted by Gasteiger charge is 2.14. The lowest BCUT2D eigenvalue weighted by Gasteiger charge is -2.07. The van der Waals surface area contributed by atoms with Crippen LogP contribution in [-0.4, -0.2) is 18.1 Å². The van der Waals surface area contributed by atoms with Crippen molar-refractivity contribution in [3.05, 3.63) is 75.8 Å². The summed E-state index contributed by atoms with van der Waals surface area (Å²) in [6.45, 7) is 2.01. The van der Waals surface area contributed by atoms with E-state index in [4.69, 9.17) is 13.9 Å². The van der Waals surface area contributed by atoms with E-state index in [1.165, 1.54) is 6.07 Å². The monoisotopic (exact) mass is 377 g/mol. The smallest absolute Gasteiger partial charge is 0.355 e. The maximum atomic E-state index is 12.5. The van der Waals surface area contributed by atoms with Gasteiger partial charge in [-0.1, -0.05) is 19.1 Å². The molecule has 6 nitrogen and oxygen atoms in total. The molecule has 0 aliphatic carbocycles. The predicted octanol–water partition coefficient (Wildman–Crippen LogP) is 4.20. The van der Waals surface area contributed by atoms with E-state index in [9.17, 15) is 9.59 Å². The third-order valence-electron chi connectivity index (χ3n) is 4.71. The molecule has 0 spiro atoms. The molecule has 0 saturated heterocycles. The van der Waals surface area contributed by atoms with Crippen LogP contribution in [0.4, 0.5) is 0 Å². The second-order valence-electron chi connectivity index (χ2n) is 6.49. The van der Waals surface area contributed by atoms with Crippen LogP contribution in [0, 0.1) is 0 Å². The minimum Gasteiger partial charge on any atom is -0.497 e. The number of ether oxygens (including phenoxy) is 2. The van der Waals surface area contributed by atoms with Crippen LogP contribution in [0.5, 0.6) is 5.75 Å². The Hall–Kier alpha value is -3.54. The lowest BCUT2D eigenvalue weighted by molar-refractivity contribution is 0.0468. The normalized spacial score (nSPS) is 11.1. The fraction of sp³-hybridized carbons (Fsp3) is 0.182. The van der Waals surface area contributed by atoms with Crippen molar-refractivity contribution in [3.8, 4) is 5.75 Å². The first-order valence-corrected chi connectivity index (χ1v) is 8.97. The average Bonchev–Trinajstić information content (AvgIpc) is 3.14. The lowest BCUT2D eigenvalue weighted by Crippen LogP contribution is -2.08. The molecule has 0 atom stereocenters. The molecule has 0 radical (unpaired) electrons. The Morgan fingerprint density at radius 1 is 1.11 bits per heavy atom. The molecular formula is C22H19NO5. The molecule has 0 aliphatic heterocycles. The Morgan fingerprint density at radius 2 is 1.96 bits per heavy atom. The van der Waals surface area contributed by atoms with Gasteiger partial charge in [0.2, 0.25) is 0 Å². The predicted molar refractivity (Wildman–Crippen MR) is 106 cm³/mol. The molecule has 28 heavy (non-hydrogen) atoms. The first kappa shape index (κ1) is 17.9. The highest BCUT2D eigenvalue weighted by atomic mass is 16.5. The van der Waals surface area contributed by atoms with Crippen molar-refractivity contribution in [1.29, 1.82) is 0 Å². The summed E-state index contributed by atoms with van der Waals surface area (Å²) in [5, 5.41) is 1.64. The van der Waals surface area contributed by atoms with Crippen molar-refractivity contribution in [2.24, 2.45) is 0 Å². The van der Waals surface area contributed by atoms with Crippen LogP contribution in [0.15, 0.2) is 57.7 Å². The van der Waals surface area contributed by atoms with Gasteiger partial charge >= 0.3 is 11.6 Å². The average molecular weight is 377 g/mol. The lowest BCUT2D eigenvalue weighted by atomic mass is 10.1. The van der Waals surface area contributed by atoms with Gasteiger partial charge in [0.15, 0.2) is 0 Å². The van der Waals surface area contributed by atoms with Gasteiger partial charge in [0, 0.05) is 34.0 Å². The van der Waals surface area contributed by atoms with E-state index in [0.29, 0.717) is 22.6 Å². The maximum absolute atomic E-state index is 12.5. The van der Waals surface area contributed by atoms with Crippen LogP contribution < -0.4 is 10.4 Å². The zero-order valence-corrected chi connectivity index (χ0v) is 15.6. The summed E-state index contributed by atoms with van der Waals surface area (Å²) in [5.41, 5.74) is 2.83. The minimum absolute atomic E-state index is 0.0227. The van der Waals surface area contributed by atoms with Gasteiger partial charge in [-0.15, -0.1) is 0 Å². The van der Waals surface area contributed by atoms with E-state index in [2.05, 4.69) is 4.98 Å². The number of hydrogen-bond acceptors (Lipinski definition) is 5. The van der Waals surface area contributed by atoms with Crippen LogP contribution in [0.3, 0.4) is 0 Å². The molecular weight excluding hydrogens is 358 g/mol. The number of nitrogens with one attached hydrogen (secondary N) is 1. The third-order valence-corrected chi connectivity index (χ3v) is 4.71. The van der Waals surface area contributed by atoms with Crippen LogP contribution in [0.25, 0.3) is 21.9 Å². The van der Waals surface area contributed by atoms with E-state index >= 15 is 0 Å². The molecule has 2 heterocycles. The quantitative estimate of drug-likeness (QED) is 0.416. The number of aryl methyl sites for hydroxylation is 1. The van der Waals surface area contributed by atoms with Gasteiger partial charge in [0.1, 0.15) is 23.6 Å². The summed E-state index contributed by atoms with van der Waals surface area (Å²) < 4.78 is 15.9. The Labute approximate surface area is 160 Å². The number of H-pyrrole nitrogens is 1. The van der Waals surface area contributed by atoms with E-state index in [1.54, 1.807) is 13.2 Å². The van der Waals surface area contributed by atoms with Gasteiger partial charge in [0.25, 0.3) is 0 Å². The van der Waals surface area contributed by atoms with Crippen LogP contribution >= 0.6 is 0 Å². The Morgan fingerprint density at radius 3 is 2.75 bits per heavy atom. The third kappa shape index (κ3) is 3.36. The highest BCUT2D eigenvalue weighted by Crippen LogP contribution is 2.23. The van der Waals surface area contributed by atoms with Crippen molar-refractivity contribution in [1.82, 2.24) is 4.98 Å². The topological polar surface area (TPSA) is 81.5 Å². The van der Waals surface area contributed by atoms with E-state index in [0.717, 1.165) is 28.3 Å². The number of carbonyl (C=O) groups excluding carboxylic acids is 1. The molecule has 4 rings (SSSR count). The molecule has 0 fully saturated rings. The summed E-state index contributed by atoms with van der Waals surface area (Å²) in [6.07, 6.45) is 0.837. The summed E-state index contributed by atoms with van der Waals surface area (Å²) >= 11 is 0. The number of rotatable bonds is 5. The molecule has 1 N–H and O–H groups in total. The molecule has 0 unspecified atom stereocenters. The number of aromatic amines is 1. The second-order valence-corrected chi connectivity index (χ2v) is 6.49. The van der Waals surface area contributed by atoms with E-state index < -0.39 is 11.6 Å². The first-order valence-electron chi connectivity index (χ1n) is 8.97. The van der Waals surface area contributed by atoms with E-state index in [-0.39, 0.29) is 6.61 Å². The van der Waals surface area contributed by atoms with Gasteiger partial charge < -0.3 is 18.9 Å². The number of fused-ring (bicyclic) bond motifs is 2. The number of aromatic nitrogens is 1. The Kier molecular flexibility index (Phi) is 4.61. The number of hydrogen-bond donors (Lipinski definition) is 1. The zero-order chi connectivity index (χ0) is 19.7. The molecule has 0 amide bonds. The maximum Gasteiger partial charge on any atom is 0.355 e. The van der Waals surface area contributed by atoms with Crippen LogP contribution in [-0.2, 0) is 17.8 Å². The fourth-order valence-electron chi connectivity index (χ4n) is 3.18. The van der Waals surface area contributed by atoms with Gasteiger partial charge in [-0.3, -0.25) is 0 Å². The molecule has 142 valence electrons. The van der Waals surface area contributed by atoms with Crippen LogP contribution in [0.1, 0.15) is 28.5 Å². The van der Waals surface area contributed by atoms with Gasteiger partial charge in [0.05, 0.1) is 7.11 Å². The van der Waals surface area contributed by atoms with Crippen molar-refractivity contribution in [3.63, 3.8) is 0 Å². The standard InChI is InChI=1S/C22H19NO5/c1-3-13-4-7-17-15(10-21(24)28-20(17)8-13)12-27-22(25)19-9-14-5-6-16(26-2)11-18(14)23-19/h4-11,23H,3,12H2,1-2H3. The summed E-state index contributed by atoms with van der Waals surface area (Å²) in [6, 6.07) is 14.3. The van der Waals surface area contributed by atoms with Gasteiger partial charge in [-0.2, -0.15) is 0 Å². The number of esters is 1. The van der Waals surface area contributed by atoms with Crippen molar-refractivity contribution >= 4 is 27.8 Å². The highest BCUT2D eigenvalue weighted by molar-refractivity contribution is 5.95. The Bertz CT molecular complexity index is 1230. The summed E-state index contributed by atoms with van der Waals surface area (Å²) in [4.78, 5) is 27.4. The van der Waals surface area contributed by atoms with Gasteiger partial charge in [-0.05, 0) is 36.2 Å². The molecule has 0 aliphatic rings. The van der Waals surface area contributed by atoms with Crippen molar-refractivity contribution in [2.45, 2.75) is 20.0 Å². The molecule has 0 saturated carbocycles. The molecule has 2 aromatic heterocycles. The minimum atomic E-state index is -0.498. The largest absolute Gasteiger partial charge is 0.497 e. The second kappa shape index (κ2) is 7.23. The van der Waals surface area contributed by atoms with Crippen molar-refractivity contribution in [2.75, 3.05) is 7.11 Å². The molecule has 0 bridgehead atoms. The fourth-order valence-corrected chi connectivity index (χ4v) is 3.18. The summed E-state index contributed by atoms with van der Waals surface area (Å²) in [7, 11) is 1.59. The SMILES string of the molecule is CCc1ccc2c(COC(=O)c3cc4ccc(OC)cc4[nH]3)cc(=O)oc2c1. The summed E-state index contributed by atoms with van der Waals surface area (Å²) in [5.74, 6) is 0.199. The zero-order valence-electron chi connectivity index (χ0n) is 15.6. The number of benzene rings is 2. The molecule has 2 aromatic carbocycles.